The molecule has 0 amide bonds. The number of phenols is 1. The van der Waals surface area contributed by atoms with Gasteiger partial charge in [0, 0.05) is 29.7 Å². The van der Waals surface area contributed by atoms with Gasteiger partial charge in [-0.25, -0.2) is 0 Å². The lowest BCUT2D eigenvalue weighted by Crippen LogP contribution is -2.30. The van der Waals surface area contributed by atoms with E-state index in [0.29, 0.717) is 22.6 Å². The number of nitrogens with zero attached hydrogens (tertiary/aromatic N) is 1. The second kappa shape index (κ2) is 5.44. The van der Waals surface area contributed by atoms with Crippen molar-refractivity contribution in [1.82, 2.24) is 10.2 Å². The van der Waals surface area contributed by atoms with Crippen molar-refractivity contribution in [2.45, 2.75) is 19.0 Å². The molecule has 1 unspecified atom stereocenters. The minimum absolute atomic E-state index is 0.120. The lowest BCUT2D eigenvalue weighted by atomic mass is 10.1. The summed E-state index contributed by atoms with van der Waals surface area (Å²) < 4.78 is 0. The van der Waals surface area contributed by atoms with Crippen LogP contribution in [-0.4, -0.2) is 36.2 Å². The van der Waals surface area contributed by atoms with E-state index in [1.54, 1.807) is 12.1 Å². The summed E-state index contributed by atoms with van der Waals surface area (Å²) in [5.74, 6) is 0.120. The molecule has 5 heteroatoms. The molecule has 2 rings (SSSR count). The maximum absolute atomic E-state index is 9.81. The Labute approximate surface area is 111 Å². The van der Waals surface area contributed by atoms with Crippen molar-refractivity contribution in [3.05, 3.63) is 27.7 Å². The van der Waals surface area contributed by atoms with Gasteiger partial charge in [-0.1, -0.05) is 23.2 Å². The van der Waals surface area contributed by atoms with E-state index >= 15 is 0 Å². The van der Waals surface area contributed by atoms with Crippen molar-refractivity contribution in [1.29, 1.82) is 0 Å². The molecule has 0 radical (unpaired) electrons. The van der Waals surface area contributed by atoms with Crippen LogP contribution in [0.15, 0.2) is 12.1 Å². The van der Waals surface area contributed by atoms with E-state index in [1.165, 1.54) is 0 Å². The number of likely N-dealkylation sites (N-methyl/N-ethyl adjacent to an activating group) is 1. The fraction of sp³-hybridized carbons (Fsp3) is 0.500. The Kier molecular flexibility index (Phi) is 4.15. The van der Waals surface area contributed by atoms with Crippen LogP contribution in [-0.2, 0) is 6.54 Å². The molecule has 0 bridgehead atoms. The number of aromatic hydroxyl groups is 1. The summed E-state index contributed by atoms with van der Waals surface area (Å²) in [6, 6.07) is 3.76. The van der Waals surface area contributed by atoms with Gasteiger partial charge in [-0.3, -0.25) is 0 Å². The van der Waals surface area contributed by atoms with Gasteiger partial charge in [-0.15, -0.1) is 0 Å². The Bertz CT molecular complexity index is 412. The Morgan fingerprint density at radius 2 is 2.24 bits per heavy atom. The van der Waals surface area contributed by atoms with Gasteiger partial charge in [-0.2, -0.15) is 0 Å². The zero-order chi connectivity index (χ0) is 12.4. The predicted octanol–water partition coefficient (Wildman–Crippen LogP) is 2.49. The molecule has 1 fully saturated rings. The topological polar surface area (TPSA) is 35.5 Å². The molecule has 94 valence electrons. The van der Waals surface area contributed by atoms with Gasteiger partial charge in [0.1, 0.15) is 5.75 Å². The van der Waals surface area contributed by atoms with Gasteiger partial charge >= 0.3 is 0 Å². The van der Waals surface area contributed by atoms with E-state index in [0.717, 1.165) is 25.1 Å². The van der Waals surface area contributed by atoms with Gasteiger partial charge < -0.3 is 15.3 Å². The van der Waals surface area contributed by atoms with E-state index in [1.807, 2.05) is 0 Å². The van der Waals surface area contributed by atoms with Crippen LogP contribution in [0.4, 0.5) is 0 Å². The fourth-order valence-electron chi connectivity index (χ4n) is 2.11. The third-order valence-corrected chi connectivity index (χ3v) is 3.59. The zero-order valence-corrected chi connectivity index (χ0v) is 11.2. The standard InChI is InChI=1S/C12H16Cl2N2O/c1-16-3-2-10(7-16)15-6-8-4-9(13)5-11(14)12(8)17/h4-5,10,15,17H,2-3,6-7H2,1H3. The predicted molar refractivity (Wildman–Crippen MR) is 70.9 cm³/mol. The highest BCUT2D eigenvalue weighted by Crippen LogP contribution is 2.31. The normalized spacial score (nSPS) is 21.0. The highest BCUT2D eigenvalue weighted by Gasteiger charge is 2.19. The maximum Gasteiger partial charge on any atom is 0.138 e. The minimum Gasteiger partial charge on any atom is -0.506 e. The molecule has 1 aliphatic heterocycles. The van der Waals surface area contributed by atoms with Crippen molar-refractivity contribution in [3.63, 3.8) is 0 Å². The quantitative estimate of drug-likeness (QED) is 0.889. The van der Waals surface area contributed by atoms with E-state index in [-0.39, 0.29) is 5.75 Å². The second-order valence-electron chi connectivity index (χ2n) is 4.52. The van der Waals surface area contributed by atoms with Crippen LogP contribution in [0.5, 0.6) is 5.75 Å². The Hall–Kier alpha value is -0.480. The summed E-state index contributed by atoms with van der Waals surface area (Å²) in [4.78, 5) is 2.28. The summed E-state index contributed by atoms with van der Waals surface area (Å²) >= 11 is 11.8. The van der Waals surface area contributed by atoms with E-state index in [9.17, 15) is 5.11 Å². The van der Waals surface area contributed by atoms with Crippen LogP contribution in [0.2, 0.25) is 10.0 Å². The lowest BCUT2D eigenvalue weighted by molar-refractivity contribution is 0.396. The number of rotatable bonds is 3. The molecule has 0 aliphatic carbocycles. The van der Waals surface area contributed by atoms with Crippen molar-refractivity contribution in [2.24, 2.45) is 0 Å². The first-order chi connectivity index (χ1) is 8.06. The summed E-state index contributed by atoms with van der Waals surface area (Å²) in [6.45, 7) is 2.74. The highest BCUT2D eigenvalue weighted by molar-refractivity contribution is 6.35. The van der Waals surface area contributed by atoms with Crippen LogP contribution in [0.3, 0.4) is 0 Å². The number of halogens is 2. The Morgan fingerprint density at radius 3 is 2.88 bits per heavy atom. The molecule has 1 aliphatic rings. The average molecular weight is 275 g/mol. The average Bonchev–Trinajstić information content (AvgIpc) is 2.67. The first-order valence-corrected chi connectivity index (χ1v) is 6.40. The van der Waals surface area contributed by atoms with Crippen LogP contribution >= 0.6 is 23.2 Å². The molecule has 17 heavy (non-hydrogen) atoms. The van der Waals surface area contributed by atoms with Crippen LogP contribution < -0.4 is 5.32 Å². The first kappa shape index (κ1) is 13.0. The molecule has 1 aromatic carbocycles. The molecule has 1 saturated heterocycles. The minimum atomic E-state index is 0.120. The largest absolute Gasteiger partial charge is 0.506 e. The summed E-state index contributed by atoms with van der Waals surface area (Å²) in [5.41, 5.74) is 0.747. The second-order valence-corrected chi connectivity index (χ2v) is 5.37. The highest BCUT2D eigenvalue weighted by atomic mass is 35.5. The summed E-state index contributed by atoms with van der Waals surface area (Å²) in [6.07, 6.45) is 1.13. The molecular weight excluding hydrogens is 259 g/mol. The molecular formula is C12H16Cl2N2O. The third-order valence-electron chi connectivity index (χ3n) is 3.08. The summed E-state index contributed by atoms with van der Waals surface area (Å²) in [5, 5.41) is 14.1. The molecule has 0 saturated carbocycles. The van der Waals surface area contributed by atoms with Gasteiger partial charge in [0.15, 0.2) is 0 Å². The Morgan fingerprint density at radius 1 is 1.47 bits per heavy atom. The van der Waals surface area contributed by atoms with E-state index in [4.69, 9.17) is 23.2 Å². The molecule has 1 heterocycles. The van der Waals surface area contributed by atoms with Gasteiger partial charge in [0.05, 0.1) is 5.02 Å². The number of benzene rings is 1. The van der Waals surface area contributed by atoms with Gasteiger partial charge in [0.25, 0.3) is 0 Å². The number of hydrogen-bond donors (Lipinski definition) is 2. The van der Waals surface area contributed by atoms with Crippen LogP contribution in [0.1, 0.15) is 12.0 Å². The van der Waals surface area contributed by atoms with E-state index in [2.05, 4.69) is 17.3 Å². The van der Waals surface area contributed by atoms with Gasteiger partial charge in [-0.05, 0) is 32.1 Å². The smallest absolute Gasteiger partial charge is 0.138 e. The van der Waals surface area contributed by atoms with Crippen molar-refractivity contribution in [3.8, 4) is 5.75 Å². The Balaban J connectivity index is 1.99. The molecule has 2 N–H and O–H groups in total. The first-order valence-electron chi connectivity index (χ1n) is 5.65. The molecule has 0 aromatic heterocycles. The number of likely N-dealkylation sites (tertiary alicyclic amines) is 1. The van der Waals surface area contributed by atoms with Crippen molar-refractivity contribution < 1.29 is 5.11 Å². The fourth-order valence-corrected chi connectivity index (χ4v) is 2.65. The van der Waals surface area contributed by atoms with Crippen LogP contribution in [0.25, 0.3) is 0 Å². The SMILES string of the molecule is CN1CCC(NCc2cc(Cl)cc(Cl)c2O)C1. The lowest BCUT2D eigenvalue weighted by Gasteiger charge is -2.14. The molecule has 1 atom stereocenters. The van der Waals surface area contributed by atoms with Crippen molar-refractivity contribution in [2.75, 3.05) is 20.1 Å². The molecule has 3 nitrogen and oxygen atoms in total. The number of hydrogen-bond acceptors (Lipinski definition) is 3. The monoisotopic (exact) mass is 274 g/mol. The third kappa shape index (κ3) is 3.26. The summed E-state index contributed by atoms with van der Waals surface area (Å²) in [7, 11) is 2.11. The molecule has 0 spiro atoms. The molecule has 1 aromatic rings. The van der Waals surface area contributed by atoms with Crippen molar-refractivity contribution >= 4 is 23.2 Å². The van der Waals surface area contributed by atoms with Gasteiger partial charge in [0.2, 0.25) is 0 Å². The number of phenolic OH excluding ortho intramolecular Hbond substituents is 1. The van der Waals surface area contributed by atoms with E-state index < -0.39 is 0 Å². The number of nitrogens with one attached hydrogen (secondary N) is 1. The maximum atomic E-state index is 9.81. The van der Waals surface area contributed by atoms with Crippen LogP contribution in [0, 0.1) is 0 Å². The zero-order valence-electron chi connectivity index (χ0n) is 9.71.